The topological polar surface area (TPSA) is 69.3 Å². The lowest BCUT2D eigenvalue weighted by Gasteiger charge is -2.34. The maximum Gasteiger partial charge on any atom is 0.264 e. The molecule has 0 aliphatic carbocycles. The second-order valence-electron chi connectivity index (χ2n) is 8.53. The van der Waals surface area contributed by atoms with E-state index in [1.165, 1.54) is 5.56 Å². The molecule has 3 rings (SSSR count). The van der Waals surface area contributed by atoms with Crippen LogP contribution in [0.15, 0.2) is 41.2 Å². The molecule has 2 heterocycles. The molecule has 0 radical (unpaired) electrons. The lowest BCUT2D eigenvalue weighted by Crippen LogP contribution is -2.49. The van der Waals surface area contributed by atoms with E-state index in [0.717, 1.165) is 19.6 Å². The average Bonchev–Trinajstić information content (AvgIpc) is 2.68. The van der Waals surface area contributed by atoms with Gasteiger partial charge in [-0.05, 0) is 12.5 Å². The van der Waals surface area contributed by atoms with Gasteiger partial charge in [0.05, 0.1) is 5.69 Å². The number of carbonyl (C=O) groups is 1. The number of amides is 1. The lowest BCUT2D eigenvalue weighted by atomic mass is 9.95. The summed E-state index contributed by atoms with van der Waals surface area (Å²) in [7, 11) is 0. The molecule has 6 nitrogen and oxygen atoms in total. The Balaban J connectivity index is 1.60. The fourth-order valence-electron chi connectivity index (χ4n) is 3.39. The van der Waals surface area contributed by atoms with Crippen LogP contribution in [0.1, 0.15) is 48.2 Å². The number of nitrogens with one attached hydrogen (secondary N) is 1. The molecule has 1 saturated heterocycles. The molecule has 154 valence electrons. The first-order chi connectivity index (χ1) is 13.8. The molecule has 2 aromatic rings. The van der Waals surface area contributed by atoms with E-state index in [1.807, 2.05) is 39.0 Å². The standard InChI is InChI=1S/C23H30N4O2/c1-17-19(20(28)25-22(24-17)23(2,3)4)21(29)27-15-13-26(14-16-27)12-8-11-18-9-6-5-7-10-18/h5-11H,12-16H2,1-4H3,(H,24,25,28)/b11-8+. The number of H-pyrrole nitrogens is 1. The van der Waals surface area contributed by atoms with Crippen molar-refractivity contribution < 1.29 is 4.79 Å². The highest BCUT2D eigenvalue weighted by atomic mass is 16.2. The van der Waals surface area contributed by atoms with E-state index < -0.39 is 0 Å². The number of rotatable bonds is 4. The molecule has 1 aliphatic rings. The quantitative estimate of drug-likeness (QED) is 0.866. The summed E-state index contributed by atoms with van der Waals surface area (Å²) in [6, 6.07) is 10.2. The molecule has 1 amide bonds. The van der Waals surface area contributed by atoms with E-state index in [9.17, 15) is 9.59 Å². The molecule has 0 spiro atoms. The van der Waals surface area contributed by atoms with Crippen LogP contribution in [0.2, 0.25) is 0 Å². The summed E-state index contributed by atoms with van der Waals surface area (Å²) in [6.45, 7) is 11.3. The summed E-state index contributed by atoms with van der Waals surface area (Å²) in [5, 5.41) is 0. The first-order valence-corrected chi connectivity index (χ1v) is 10.1. The van der Waals surface area contributed by atoms with Gasteiger partial charge in [0.15, 0.2) is 0 Å². The van der Waals surface area contributed by atoms with Gasteiger partial charge in [-0.2, -0.15) is 0 Å². The van der Waals surface area contributed by atoms with Gasteiger partial charge in [0.25, 0.3) is 11.5 Å². The summed E-state index contributed by atoms with van der Waals surface area (Å²) < 4.78 is 0. The zero-order chi connectivity index (χ0) is 21.0. The molecule has 0 saturated carbocycles. The lowest BCUT2D eigenvalue weighted by molar-refractivity contribution is 0.0647. The van der Waals surface area contributed by atoms with Gasteiger partial charge in [-0.1, -0.05) is 63.3 Å². The molecular formula is C23H30N4O2. The number of aromatic amines is 1. The molecule has 29 heavy (non-hydrogen) atoms. The summed E-state index contributed by atoms with van der Waals surface area (Å²) in [6.07, 6.45) is 4.26. The van der Waals surface area contributed by atoms with Crippen molar-refractivity contribution >= 4 is 12.0 Å². The Morgan fingerprint density at radius 2 is 1.79 bits per heavy atom. The van der Waals surface area contributed by atoms with Crippen LogP contribution >= 0.6 is 0 Å². The van der Waals surface area contributed by atoms with Crippen LogP contribution in [0.25, 0.3) is 6.08 Å². The molecular weight excluding hydrogens is 364 g/mol. The van der Waals surface area contributed by atoms with Gasteiger partial charge in [-0.3, -0.25) is 14.5 Å². The predicted molar refractivity (Wildman–Crippen MR) is 116 cm³/mol. The van der Waals surface area contributed by atoms with E-state index in [1.54, 1.807) is 11.8 Å². The number of aryl methyl sites for hydroxylation is 1. The van der Waals surface area contributed by atoms with Gasteiger partial charge >= 0.3 is 0 Å². The second kappa shape index (κ2) is 8.74. The molecule has 0 atom stereocenters. The number of hydrogen-bond donors (Lipinski definition) is 1. The van der Waals surface area contributed by atoms with E-state index in [0.29, 0.717) is 24.6 Å². The molecule has 0 bridgehead atoms. The van der Waals surface area contributed by atoms with Crippen molar-refractivity contribution in [2.75, 3.05) is 32.7 Å². The Kier molecular flexibility index (Phi) is 6.33. The van der Waals surface area contributed by atoms with Gasteiger partial charge in [0.1, 0.15) is 11.4 Å². The third-order valence-corrected chi connectivity index (χ3v) is 5.16. The minimum absolute atomic E-state index is 0.162. The van der Waals surface area contributed by atoms with Gasteiger partial charge < -0.3 is 9.88 Å². The van der Waals surface area contributed by atoms with Crippen molar-refractivity contribution in [3.8, 4) is 0 Å². The van der Waals surface area contributed by atoms with Gasteiger partial charge in [-0.25, -0.2) is 4.98 Å². The fraction of sp³-hybridized carbons (Fsp3) is 0.435. The van der Waals surface area contributed by atoms with Crippen LogP contribution in [-0.4, -0.2) is 58.4 Å². The number of hydrogen-bond acceptors (Lipinski definition) is 4. The molecule has 1 N–H and O–H groups in total. The van der Waals surface area contributed by atoms with Crippen LogP contribution in [0.3, 0.4) is 0 Å². The smallest absolute Gasteiger partial charge is 0.264 e. The van der Waals surface area contributed by atoms with Crippen molar-refractivity contribution in [3.05, 3.63) is 69.4 Å². The number of piperazine rings is 1. The van der Waals surface area contributed by atoms with Crippen LogP contribution in [0.5, 0.6) is 0 Å². The van der Waals surface area contributed by atoms with Crippen LogP contribution in [0, 0.1) is 6.92 Å². The largest absolute Gasteiger partial charge is 0.336 e. The molecule has 1 aliphatic heterocycles. The number of aromatic nitrogens is 2. The highest BCUT2D eigenvalue weighted by molar-refractivity contribution is 5.94. The zero-order valence-electron chi connectivity index (χ0n) is 17.7. The average molecular weight is 395 g/mol. The second-order valence-corrected chi connectivity index (χ2v) is 8.53. The molecule has 1 aromatic heterocycles. The van der Waals surface area contributed by atoms with E-state index in [2.05, 4.69) is 39.2 Å². The first-order valence-electron chi connectivity index (χ1n) is 10.1. The van der Waals surface area contributed by atoms with Crippen LogP contribution in [0.4, 0.5) is 0 Å². The molecule has 1 fully saturated rings. The minimum Gasteiger partial charge on any atom is -0.336 e. The van der Waals surface area contributed by atoms with E-state index in [4.69, 9.17) is 0 Å². The number of carbonyl (C=O) groups excluding carboxylic acids is 1. The zero-order valence-corrected chi connectivity index (χ0v) is 17.7. The van der Waals surface area contributed by atoms with Crippen LogP contribution in [-0.2, 0) is 5.41 Å². The first kappa shape index (κ1) is 21.0. The third-order valence-electron chi connectivity index (χ3n) is 5.16. The summed E-state index contributed by atoms with van der Waals surface area (Å²) in [5.41, 5.74) is 1.22. The minimum atomic E-state index is -0.347. The third kappa shape index (κ3) is 5.21. The van der Waals surface area contributed by atoms with Gasteiger partial charge in [0.2, 0.25) is 0 Å². The highest BCUT2D eigenvalue weighted by Crippen LogP contribution is 2.18. The Bertz CT molecular complexity index is 934. The fourth-order valence-corrected chi connectivity index (χ4v) is 3.39. The predicted octanol–water partition coefficient (Wildman–Crippen LogP) is 2.85. The van der Waals surface area contributed by atoms with Crippen molar-refractivity contribution in [2.24, 2.45) is 0 Å². The van der Waals surface area contributed by atoms with Gasteiger partial charge in [-0.15, -0.1) is 0 Å². The molecule has 0 unspecified atom stereocenters. The SMILES string of the molecule is Cc1nc(C(C)(C)C)[nH]c(=O)c1C(=O)N1CCN(C/C=C/c2ccccc2)CC1. The van der Waals surface area contributed by atoms with E-state index >= 15 is 0 Å². The Labute approximate surface area is 172 Å². The Morgan fingerprint density at radius 3 is 2.38 bits per heavy atom. The number of nitrogens with zero attached hydrogens (tertiary/aromatic N) is 3. The molecule has 6 heteroatoms. The van der Waals surface area contributed by atoms with E-state index in [-0.39, 0.29) is 22.4 Å². The Morgan fingerprint density at radius 1 is 1.14 bits per heavy atom. The summed E-state index contributed by atoms with van der Waals surface area (Å²) in [5.74, 6) is 0.378. The number of benzene rings is 1. The summed E-state index contributed by atoms with van der Waals surface area (Å²) in [4.78, 5) is 36.9. The van der Waals surface area contributed by atoms with Crippen molar-refractivity contribution in [1.82, 2.24) is 19.8 Å². The normalized spacial score (nSPS) is 15.8. The van der Waals surface area contributed by atoms with Crippen molar-refractivity contribution in [2.45, 2.75) is 33.1 Å². The summed E-state index contributed by atoms with van der Waals surface area (Å²) >= 11 is 0. The van der Waals surface area contributed by atoms with Gasteiger partial charge in [0, 0.05) is 38.1 Å². The monoisotopic (exact) mass is 394 g/mol. The Hall–Kier alpha value is -2.73. The van der Waals surface area contributed by atoms with Crippen LogP contribution < -0.4 is 5.56 Å². The maximum absolute atomic E-state index is 12.9. The highest BCUT2D eigenvalue weighted by Gasteiger charge is 2.27. The maximum atomic E-state index is 12.9. The van der Waals surface area contributed by atoms with Crippen molar-refractivity contribution in [1.29, 1.82) is 0 Å². The molecule has 1 aromatic carbocycles. The van der Waals surface area contributed by atoms with Crippen molar-refractivity contribution in [3.63, 3.8) is 0 Å².